The number of allylic oxidation sites excluding steroid dienone is 5. The Bertz CT molecular complexity index is 616. The van der Waals surface area contributed by atoms with E-state index in [4.69, 9.17) is 4.74 Å². The summed E-state index contributed by atoms with van der Waals surface area (Å²) < 4.78 is 6.12. The molecule has 0 bridgehead atoms. The highest BCUT2D eigenvalue weighted by atomic mass is 32.1. The number of hydrogen-bond acceptors (Lipinski definition) is 3. The fraction of sp³-hybridized carbons (Fsp3) is 0.368. The van der Waals surface area contributed by atoms with Crippen molar-refractivity contribution in [1.29, 1.82) is 0 Å². The summed E-state index contributed by atoms with van der Waals surface area (Å²) in [5, 5.41) is 0. The van der Waals surface area contributed by atoms with Gasteiger partial charge in [0.1, 0.15) is 11.5 Å². The fourth-order valence-electron chi connectivity index (χ4n) is 2.31. The lowest BCUT2D eigenvalue weighted by atomic mass is 9.87. The summed E-state index contributed by atoms with van der Waals surface area (Å²) in [5.74, 6) is 1.75. The van der Waals surface area contributed by atoms with Crippen LogP contribution >= 0.6 is 12.6 Å². The van der Waals surface area contributed by atoms with Crippen LogP contribution in [0.4, 0.5) is 0 Å². The Kier molecular flexibility index (Phi) is 5.54. The lowest BCUT2D eigenvalue weighted by Crippen LogP contribution is -2.12. The van der Waals surface area contributed by atoms with E-state index < -0.39 is 0 Å². The first kappa shape index (κ1) is 16.9. The summed E-state index contributed by atoms with van der Waals surface area (Å²) in [5.41, 5.74) is 1.24. The van der Waals surface area contributed by atoms with Gasteiger partial charge in [0.05, 0.1) is 0 Å². The number of ether oxygens (including phenoxy) is 1. The van der Waals surface area contributed by atoms with Crippen LogP contribution in [0.25, 0.3) is 0 Å². The highest BCUT2D eigenvalue weighted by Crippen LogP contribution is 2.30. The summed E-state index contributed by atoms with van der Waals surface area (Å²) in [4.78, 5) is 3.08. The Labute approximate surface area is 139 Å². The average Bonchev–Trinajstić information content (AvgIpc) is 2.64. The summed E-state index contributed by atoms with van der Waals surface area (Å²) in [6, 6.07) is 6.01. The summed E-state index contributed by atoms with van der Waals surface area (Å²) >= 11 is 4.43. The van der Waals surface area contributed by atoms with Crippen LogP contribution in [0.15, 0.2) is 59.2 Å². The maximum atomic E-state index is 6.12. The number of thiol groups is 1. The highest BCUT2D eigenvalue weighted by Gasteiger charge is 2.16. The predicted molar refractivity (Wildman–Crippen MR) is 96.5 cm³/mol. The standard InChI is InChI=1S/C19H25NOS/c1-5-19(2)11-6-7-16(10-12-19)21-18-9-8-17(22)13-15(18)14-20(3)4/h6-13,22H,5,14H2,1-4H3. The monoisotopic (exact) mass is 315 g/mol. The lowest BCUT2D eigenvalue weighted by Gasteiger charge is -2.18. The molecular weight excluding hydrogens is 290 g/mol. The van der Waals surface area contributed by atoms with Crippen molar-refractivity contribution < 1.29 is 4.74 Å². The van der Waals surface area contributed by atoms with Crippen LogP contribution in [0.2, 0.25) is 0 Å². The van der Waals surface area contributed by atoms with Gasteiger partial charge in [-0.25, -0.2) is 0 Å². The fourth-order valence-corrected chi connectivity index (χ4v) is 2.54. The van der Waals surface area contributed by atoms with Gasteiger partial charge in [-0.2, -0.15) is 0 Å². The topological polar surface area (TPSA) is 12.5 Å². The van der Waals surface area contributed by atoms with Crippen LogP contribution in [0.1, 0.15) is 25.8 Å². The van der Waals surface area contributed by atoms with Gasteiger partial charge in [-0.3, -0.25) is 0 Å². The molecule has 0 N–H and O–H groups in total. The molecule has 0 aliphatic heterocycles. The van der Waals surface area contributed by atoms with Crippen molar-refractivity contribution in [3.8, 4) is 5.75 Å². The number of rotatable bonds is 5. The number of nitrogens with zero attached hydrogens (tertiary/aromatic N) is 1. The van der Waals surface area contributed by atoms with Crippen LogP contribution in [0.3, 0.4) is 0 Å². The third-order valence-electron chi connectivity index (χ3n) is 3.89. The molecule has 1 aliphatic rings. The van der Waals surface area contributed by atoms with Crippen molar-refractivity contribution in [2.24, 2.45) is 5.41 Å². The maximum absolute atomic E-state index is 6.12. The van der Waals surface area contributed by atoms with Gasteiger partial charge in [0.25, 0.3) is 0 Å². The van der Waals surface area contributed by atoms with Crippen LogP contribution in [0.5, 0.6) is 5.75 Å². The molecule has 2 nitrogen and oxygen atoms in total. The molecule has 1 unspecified atom stereocenters. The van der Waals surface area contributed by atoms with Gasteiger partial charge in [-0.05, 0) is 50.9 Å². The molecule has 0 amide bonds. The van der Waals surface area contributed by atoms with Gasteiger partial charge in [0.15, 0.2) is 0 Å². The minimum atomic E-state index is 0.100. The molecule has 0 aromatic heterocycles. The predicted octanol–water partition coefficient (Wildman–Crippen LogP) is 4.84. The van der Waals surface area contributed by atoms with E-state index in [1.165, 1.54) is 0 Å². The van der Waals surface area contributed by atoms with Gasteiger partial charge in [0, 0.05) is 22.4 Å². The van der Waals surface area contributed by atoms with Crippen LogP contribution in [-0.2, 0) is 6.54 Å². The second-order valence-electron chi connectivity index (χ2n) is 6.25. The Morgan fingerprint density at radius 1 is 1.23 bits per heavy atom. The summed E-state index contributed by atoms with van der Waals surface area (Å²) in [7, 11) is 4.10. The second-order valence-corrected chi connectivity index (χ2v) is 6.77. The third-order valence-corrected chi connectivity index (χ3v) is 4.16. The van der Waals surface area contributed by atoms with Crippen molar-refractivity contribution in [2.45, 2.75) is 31.7 Å². The maximum Gasteiger partial charge on any atom is 0.132 e. The molecule has 22 heavy (non-hydrogen) atoms. The summed E-state index contributed by atoms with van der Waals surface area (Å²) in [6.45, 7) is 5.24. The molecular formula is C19H25NOS. The van der Waals surface area contributed by atoms with Gasteiger partial charge in [0.2, 0.25) is 0 Å². The first-order valence-corrected chi connectivity index (χ1v) is 8.10. The van der Waals surface area contributed by atoms with E-state index in [2.05, 4.69) is 75.8 Å². The van der Waals surface area contributed by atoms with Crippen LogP contribution < -0.4 is 4.74 Å². The van der Waals surface area contributed by atoms with Crippen molar-refractivity contribution in [3.05, 3.63) is 59.9 Å². The summed E-state index contributed by atoms with van der Waals surface area (Å²) in [6.07, 6.45) is 11.7. The Hall–Kier alpha value is -1.45. The molecule has 0 radical (unpaired) electrons. The van der Waals surface area contributed by atoms with E-state index in [9.17, 15) is 0 Å². The zero-order chi connectivity index (χ0) is 16.2. The minimum Gasteiger partial charge on any atom is -0.457 e. The van der Waals surface area contributed by atoms with Crippen molar-refractivity contribution in [1.82, 2.24) is 4.90 Å². The van der Waals surface area contributed by atoms with E-state index in [1.54, 1.807) is 0 Å². The van der Waals surface area contributed by atoms with Crippen molar-refractivity contribution >= 4 is 12.6 Å². The van der Waals surface area contributed by atoms with Crippen LogP contribution in [-0.4, -0.2) is 19.0 Å². The van der Waals surface area contributed by atoms with E-state index in [-0.39, 0.29) is 5.41 Å². The molecule has 0 saturated heterocycles. The van der Waals surface area contributed by atoms with Crippen molar-refractivity contribution in [3.63, 3.8) is 0 Å². The van der Waals surface area contributed by atoms with E-state index in [1.807, 2.05) is 18.2 Å². The zero-order valence-corrected chi connectivity index (χ0v) is 14.7. The molecule has 0 fully saturated rings. The zero-order valence-electron chi connectivity index (χ0n) is 13.8. The number of hydrogen-bond donors (Lipinski definition) is 1. The molecule has 1 aromatic rings. The van der Waals surface area contributed by atoms with Crippen LogP contribution in [0, 0.1) is 5.41 Å². The third kappa shape index (κ3) is 4.52. The van der Waals surface area contributed by atoms with Gasteiger partial charge >= 0.3 is 0 Å². The van der Waals surface area contributed by atoms with E-state index in [0.717, 1.165) is 34.9 Å². The Morgan fingerprint density at radius 2 is 2.00 bits per heavy atom. The van der Waals surface area contributed by atoms with Gasteiger partial charge < -0.3 is 9.64 Å². The molecule has 1 aromatic carbocycles. The average molecular weight is 315 g/mol. The quantitative estimate of drug-likeness (QED) is 0.780. The lowest BCUT2D eigenvalue weighted by molar-refractivity contribution is 0.381. The molecule has 0 spiro atoms. The van der Waals surface area contributed by atoms with E-state index in [0.29, 0.717) is 0 Å². The van der Waals surface area contributed by atoms with Gasteiger partial charge in [-0.1, -0.05) is 32.1 Å². The highest BCUT2D eigenvalue weighted by molar-refractivity contribution is 7.80. The second kappa shape index (κ2) is 7.21. The van der Waals surface area contributed by atoms with Gasteiger partial charge in [-0.15, -0.1) is 12.6 Å². The largest absolute Gasteiger partial charge is 0.457 e. The Morgan fingerprint density at radius 3 is 2.68 bits per heavy atom. The first-order valence-electron chi connectivity index (χ1n) is 7.65. The molecule has 1 atom stereocenters. The molecule has 1 aliphatic carbocycles. The number of benzene rings is 1. The Balaban J connectivity index is 2.23. The molecule has 0 heterocycles. The van der Waals surface area contributed by atoms with Crippen molar-refractivity contribution in [2.75, 3.05) is 14.1 Å². The molecule has 3 heteroatoms. The SMILES string of the molecule is CCC1(C)C=CC=C(Oc2ccc(S)cc2CN(C)C)C=C1. The minimum absolute atomic E-state index is 0.100. The molecule has 0 saturated carbocycles. The smallest absolute Gasteiger partial charge is 0.132 e. The normalized spacial score (nSPS) is 20.9. The first-order chi connectivity index (χ1) is 10.4. The van der Waals surface area contributed by atoms with E-state index >= 15 is 0 Å². The molecule has 118 valence electrons. The molecule has 2 rings (SSSR count).